The summed E-state index contributed by atoms with van der Waals surface area (Å²) in [5, 5.41) is 2.78. The summed E-state index contributed by atoms with van der Waals surface area (Å²) in [5.74, 6) is 0.252. The van der Waals surface area contributed by atoms with E-state index < -0.39 is 7.92 Å². The first-order valence-corrected chi connectivity index (χ1v) is 9.25. The second-order valence-corrected chi connectivity index (χ2v) is 7.72. The third-order valence-corrected chi connectivity index (χ3v) is 6.12. The number of benzene rings is 2. The summed E-state index contributed by atoms with van der Waals surface area (Å²) in [6, 6.07) is 21.6. The van der Waals surface area contributed by atoms with Crippen molar-refractivity contribution in [3.63, 3.8) is 0 Å². The molecule has 0 aliphatic carbocycles. The lowest BCUT2D eigenvalue weighted by Crippen LogP contribution is -2.22. The Kier molecular flexibility index (Phi) is 6.92. The van der Waals surface area contributed by atoms with E-state index in [1.54, 1.807) is 0 Å². The standard InChI is InChI=1S/C19H25OP/c1-3-4-11-16-20-17(2)21(18-12-7-5-8-13-18)19-14-9-6-10-15-19/h5-10,12-15,17H,3-4,11,16H2,1-2H3. The molecule has 112 valence electrons. The summed E-state index contributed by atoms with van der Waals surface area (Å²) in [6.07, 6.45) is 3.65. The van der Waals surface area contributed by atoms with E-state index in [2.05, 4.69) is 74.5 Å². The summed E-state index contributed by atoms with van der Waals surface area (Å²) in [4.78, 5) is 0. The molecule has 0 aromatic heterocycles. The maximum Gasteiger partial charge on any atom is 0.0820 e. The van der Waals surface area contributed by atoms with Crippen molar-refractivity contribution in [2.45, 2.75) is 39.0 Å². The third kappa shape index (κ3) is 4.95. The molecule has 2 aromatic rings. The molecule has 0 spiro atoms. The summed E-state index contributed by atoms with van der Waals surface area (Å²) in [6.45, 7) is 5.31. The quantitative estimate of drug-likeness (QED) is 0.508. The number of unbranched alkanes of at least 4 members (excludes halogenated alkanes) is 2. The Balaban J connectivity index is 2.13. The number of ether oxygens (including phenoxy) is 1. The van der Waals surface area contributed by atoms with Gasteiger partial charge in [0, 0.05) is 6.61 Å². The van der Waals surface area contributed by atoms with Gasteiger partial charge in [0.05, 0.1) is 5.85 Å². The Labute approximate surface area is 130 Å². The molecule has 0 fully saturated rings. The van der Waals surface area contributed by atoms with Crippen molar-refractivity contribution in [3.05, 3.63) is 60.7 Å². The lowest BCUT2D eigenvalue weighted by molar-refractivity contribution is 0.117. The Morgan fingerprint density at radius 2 is 1.38 bits per heavy atom. The van der Waals surface area contributed by atoms with Gasteiger partial charge in [0.15, 0.2) is 0 Å². The summed E-state index contributed by atoms with van der Waals surface area (Å²) >= 11 is 0. The van der Waals surface area contributed by atoms with Crippen molar-refractivity contribution in [1.82, 2.24) is 0 Å². The van der Waals surface area contributed by atoms with Gasteiger partial charge in [-0.2, -0.15) is 0 Å². The normalized spacial score (nSPS) is 12.5. The minimum atomic E-state index is -0.455. The second kappa shape index (κ2) is 8.97. The van der Waals surface area contributed by atoms with Crippen molar-refractivity contribution in [2.24, 2.45) is 0 Å². The third-order valence-electron chi connectivity index (χ3n) is 3.54. The first-order chi connectivity index (χ1) is 10.3. The van der Waals surface area contributed by atoms with Crippen LogP contribution in [-0.2, 0) is 4.74 Å². The van der Waals surface area contributed by atoms with Crippen LogP contribution >= 0.6 is 7.92 Å². The van der Waals surface area contributed by atoms with Crippen LogP contribution in [0.3, 0.4) is 0 Å². The minimum Gasteiger partial charge on any atom is -0.373 e. The van der Waals surface area contributed by atoms with Crippen LogP contribution in [0.1, 0.15) is 33.1 Å². The molecular formula is C19H25OP. The SMILES string of the molecule is CCCCCOC(C)P(c1ccccc1)c1ccccc1. The van der Waals surface area contributed by atoms with Crippen LogP contribution in [-0.4, -0.2) is 12.5 Å². The van der Waals surface area contributed by atoms with Gasteiger partial charge in [-0.1, -0.05) is 80.4 Å². The monoisotopic (exact) mass is 300 g/mol. The van der Waals surface area contributed by atoms with Crippen LogP contribution in [0.2, 0.25) is 0 Å². The fraction of sp³-hybridized carbons (Fsp3) is 0.368. The van der Waals surface area contributed by atoms with Gasteiger partial charge in [-0.25, -0.2) is 0 Å². The molecule has 1 atom stereocenters. The molecule has 1 nitrogen and oxygen atoms in total. The molecule has 0 N–H and O–H groups in total. The fourth-order valence-corrected chi connectivity index (χ4v) is 4.81. The van der Waals surface area contributed by atoms with Crippen molar-refractivity contribution in [3.8, 4) is 0 Å². The van der Waals surface area contributed by atoms with E-state index in [0.717, 1.165) is 13.0 Å². The van der Waals surface area contributed by atoms with Gasteiger partial charge in [-0.3, -0.25) is 0 Å². The molecule has 21 heavy (non-hydrogen) atoms. The highest BCUT2D eigenvalue weighted by Crippen LogP contribution is 2.39. The van der Waals surface area contributed by atoms with E-state index in [9.17, 15) is 0 Å². The highest BCUT2D eigenvalue weighted by molar-refractivity contribution is 7.73. The van der Waals surface area contributed by atoms with Crippen molar-refractivity contribution in [2.75, 3.05) is 6.61 Å². The molecule has 0 aliphatic rings. The topological polar surface area (TPSA) is 9.23 Å². The van der Waals surface area contributed by atoms with Gasteiger partial charge in [0.2, 0.25) is 0 Å². The summed E-state index contributed by atoms with van der Waals surface area (Å²) in [5.41, 5.74) is 0. The number of rotatable bonds is 8. The van der Waals surface area contributed by atoms with E-state index in [4.69, 9.17) is 4.74 Å². The molecule has 0 saturated carbocycles. The average Bonchev–Trinajstić information content (AvgIpc) is 2.54. The smallest absolute Gasteiger partial charge is 0.0820 e. The molecule has 2 aromatic carbocycles. The average molecular weight is 300 g/mol. The van der Waals surface area contributed by atoms with Crippen LogP contribution in [0.15, 0.2) is 60.7 Å². The molecule has 1 unspecified atom stereocenters. The highest BCUT2D eigenvalue weighted by atomic mass is 31.1. The van der Waals surface area contributed by atoms with E-state index >= 15 is 0 Å². The van der Waals surface area contributed by atoms with Gasteiger partial charge in [-0.05, 0) is 31.9 Å². The van der Waals surface area contributed by atoms with Crippen molar-refractivity contribution >= 4 is 18.5 Å². The number of hydrogen-bond donors (Lipinski definition) is 0. The highest BCUT2D eigenvalue weighted by Gasteiger charge is 2.21. The van der Waals surface area contributed by atoms with Crippen LogP contribution in [0, 0.1) is 0 Å². The minimum absolute atomic E-state index is 0.252. The molecule has 2 heteroatoms. The molecule has 0 radical (unpaired) electrons. The van der Waals surface area contributed by atoms with Crippen molar-refractivity contribution in [1.29, 1.82) is 0 Å². The second-order valence-electron chi connectivity index (χ2n) is 5.22. The zero-order valence-electron chi connectivity index (χ0n) is 13.0. The zero-order valence-corrected chi connectivity index (χ0v) is 13.9. The Morgan fingerprint density at radius 1 is 0.857 bits per heavy atom. The van der Waals surface area contributed by atoms with E-state index in [0.29, 0.717) is 0 Å². The molecule has 0 aliphatic heterocycles. The molecule has 0 saturated heterocycles. The molecular weight excluding hydrogens is 275 g/mol. The van der Waals surface area contributed by atoms with E-state index in [-0.39, 0.29) is 5.85 Å². The largest absolute Gasteiger partial charge is 0.373 e. The van der Waals surface area contributed by atoms with Gasteiger partial charge in [0.25, 0.3) is 0 Å². The van der Waals surface area contributed by atoms with E-state index in [1.165, 1.54) is 23.5 Å². The number of hydrogen-bond acceptors (Lipinski definition) is 1. The predicted octanol–water partition coefficient (Wildman–Crippen LogP) is 4.67. The van der Waals surface area contributed by atoms with Gasteiger partial charge in [0.1, 0.15) is 0 Å². The Hall–Kier alpha value is -1.17. The maximum absolute atomic E-state index is 6.14. The first kappa shape index (κ1) is 16.2. The molecule has 2 rings (SSSR count). The Morgan fingerprint density at radius 3 is 1.86 bits per heavy atom. The van der Waals surface area contributed by atoms with Crippen LogP contribution in [0.4, 0.5) is 0 Å². The van der Waals surface area contributed by atoms with Crippen molar-refractivity contribution < 1.29 is 4.74 Å². The van der Waals surface area contributed by atoms with Crippen LogP contribution in [0.5, 0.6) is 0 Å². The van der Waals surface area contributed by atoms with Gasteiger partial charge in [-0.15, -0.1) is 0 Å². The van der Waals surface area contributed by atoms with Gasteiger partial charge < -0.3 is 4.74 Å². The zero-order chi connectivity index (χ0) is 14.9. The molecule has 0 amide bonds. The maximum atomic E-state index is 6.14. The Bertz CT molecular complexity index is 458. The van der Waals surface area contributed by atoms with Crippen LogP contribution < -0.4 is 10.6 Å². The van der Waals surface area contributed by atoms with Crippen LogP contribution in [0.25, 0.3) is 0 Å². The first-order valence-electron chi connectivity index (χ1n) is 7.84. The molecule has 0 bridgehead atoms. The predicted molar refractivity (Wildman–Crippen MR) is 94.0 cm³/mol. The van der Waals surface area contributed by atoms with E-state index in [1.807, 2.05) is 0 Å². The molecule has 0 heterocycles. The lowest BCUT2D eigenvalue weighted by Gasteiger charge is -2.25. The summed E-state index contributed by atoms with van der Waals surface area (Å²) < 4.78 is 6.14. The lowest BCUT2D eigenvalue weighted by atomic mass is 10.3. The summed E-state index contributed by atoms with van der Waals surface area (Å²) in [7, 11) is -0.455. The fourth-order valence-electron chi connectivity index (χ4n) is 2.43. The van der Waals surface area contributed by atoms with Gasteiger partial charge >= 0.3 is 0 Å².